The van der Waals surface area contributed by atoms with E-state index >= 15 is 0 Å². The minimum Gasteiger partial charge on any atom is -0.356 e. The van der Waals surface area contributed by atoms with Gasteiger partial charge in [0, 0.05) is 25.0 Å². The summed E-state index contributed by atoms with van der Waals surface area (Å²) in [7, 11) is 0. The zero-order valence-corrected chi connectivity index (χ0v) is 13.1. The largest absolute Gasteiger partial charge is 0.356 e. The van der Waals surface area contributed by atoms with Gasteiger partial charge in [-0.25, -0.2) is 4.98 Å². The fourth-order valence-corrected chi connectivity index (χ4v) is 3.15. The molecule has 0 bridgehead atoms. The molecule has 0 aliphatic heterocycles. The number of nitrogens with zero attached hydrogens (tertiary/aromatic N) is 3. The summed E-state index contributed by atoms with van der Waals surface area (Å²) in [6.07, 6.45) is 12.0. The first kappa shape index (κ1) is 15.4. The summed E-state index contributed by atoms with van der Waals surface area (Å²) in [5.74, 6) is 1.07. The molecule has 1 fully saturated rings. The minimum absolute atomic E-state index is 0.663. The Labute approximate surface area is 123 Å². The topological polar surface area (TPSA) is 33.1 Å². The third kappa shape index (κ3) is 4.23. The highest BCUT2D eigenvalue weighted by molar-refractivity contribution is 5.26. The van der Waals surface area contributed by atoms with Gasteiger partial charge in [0.25, 0.3) is 0 Å². The molecule has 1 aromatic heterocycles. The molecule has 0 saturated heterocycles. The zero-order chi connectivity index (χ0) is 14.2. The van der Waals surface area contributed by atoms with Gasteiger partial charge in [0.05, 0.1) is 0 Å². The molecule has 114 valence electrons. The molecule has 1 aromatic rings. The van der Waals surface area contributed by atoms with E-state index in [4.69, 9.17) is 0 Å². The molecule has 4 heteroatoms. The first-order valence-electron chi connectivity index (χ1n) is 8.34. The standard InChI is InChI=1S/C16H30N4/c1-3-19(4-2)13-8-11-17-16-18-12-14-20(16)15-9-6-5-7-10-15/h12,14-15H,3-11,13H2,1-2H3,(H,17,18). The van der Waals surface area contributed by atoms with Gasteiger partial charge in [-0.1, -0.05) is 33.1 Å². The van der Waals surface area contributed by atoms with Gasteiger partial charge in [0.2, 0.25) is 5.95 Å². The van der Waals surface area contributed by atoms with Crippen LogP contribution in [0.4, 0.5) is 5.95 Å². The quantitative estimate of drug-likeness (QED) is 0.738. The van der Waals surface area contributed by atoms with Crippen molar-refractivity contribution in [3.63, 3.8) is 0 Å². The monoisotopic (exact) mass is 278 g/mol. The lowest BCUT2D eigenvalue weighted by Crippen LogP contribution is -2.26. The summed E-state index contributed by atoms with van der Waals surface area (Å²) in [6.45, 7) is 8.93. The number of imidazole rings is 1. The molecule has 1 aliphatic carbocycles. The predicted molar refractivity (Wildman–Crippen MR) is 85.2 cm³/mol. The fourth-order valence-electron chi connectivity index (χ4n) is 3.15. The van der Waals surface area contributed by atoms with Crippen molar-refractivity contribution in [1.29, 1.82) is 0 Å². The van der Waals surface area contributed by atoms with Crippen LogP contribution in [0, 0.1) is 0 Å². The van der Waals surface area contributed by atoms with Crippen molar-refractivity contribution in [1.82, 2.24) is 14.5 Å². The van der Waals surface area contributed by atoms with Crippen molar-refractivity contribution >= 4 is 5.95 Å². The molecule has 20 heavy (non-hydrogen) atoms. The number of anilines is 1. The van der Waals surface area contributed by atoms with Crippen LogP contribution in [0.1, 0.15) is 58.4 Å². The van der Waals surface area contributed by atoms with Gasteiger partial charge in [-0.2, -0.15) is 0 Å². The zero-order valence-electron chi connectivity index (χ0n) is 13.1. The van der Waals surface area contributed by atoms with Crippen LogP contribution in [-0.2, 0) is 0 Å². The van der Waals surface area contributed by atoms with E-state index in [-0.39, 0.29) is 0 Å². The Balaban J connectivity index is 1.77. The maximum atomic E-state index is 4.49. The highest BCUT2D eigenvalue weighted by atomic mass is 15.2. The molecule has 1 saturated carbocycles. The van der Waals surface area contributed by atoms with Crippen molar-refractivity contribution in [2.24, 2.45) is 0 Å². The Kier molecular flexibility index (Phi) is 6.37. The molecule has 0 spiro atoms. The molecule has 0 unspecified atom stereocenters. The summed E-state index contributed by atoms with van der Waals surface area (Å²) in [5.41, 5.74) is 0. The average Bonchev–Trinajstić information content (AvgIpc) is 2.97. The minimum atomic E-state index is 0.663. The van der Waals surface area contributed by atoms with Crippen LogP contribution in [0.15, 0.2) is 12.4 Å². The Morgan fingerprint density at radius 1 is 1.25 bits per heavy atom. The second kappa shape index (κ2) is 8.30. The molecule has 0 atom stereocenters. The highest BCUT2D eigenvalue weighted by Crippen LogP contribution is 2.29. The predicted octanol–water partition coefficient (Wildman–Crippen LogP) is 3.53. The normalized spacial score (nSPS) is 16.8. The van der Waals surface area contributed by atoms with Gasteiger partial charge in [-0.3, -0.25) is 0 Å². The van der Waals surface area contributed by atoms with Crippen LogP contribution < -0.4 is 5.32 Å². The average molecular weight is 278 g/mol. The van der Waals surface area contributed by atoms with Crippen molar-refractivity contribution in [2.75, 3.05) is 31.5 Å². The summed E-state index contributed by atoms with van der Waals surface area (Å²) in [6, 6.07) is 0.663. The summed E-state index contributed by atoms with van der Waals surface area (Å²) >= 11 is 0. The van der Waals surface area contributed by atoms with E-state index in [2.05, 4.69) is 39.8 Å². The number of hydrogen-bond donors (Lipinski definition) is 1. The van der Waals surface area contributed by atoms with Crippen molar-refractivity contribution in [3.05, 3.63) is 12.4 Å². The van der Waals surface area contributed by atoms with Crippen molar-refractivity contribution < 1.29 is 0 Å². The Bertz CT molecular complexity index is 364. The maximum Gasteiger partial charge on any atom is 0.203 e. The maximum absolute atomic E-state index is 4.49. The van der Waals surface area contributed by atoms with Crippen LogP contribution in [0.2, 0.25) is 0 Å². The number of nitrogens with one attached hydrogen (secondary N) is 1. The van der Waals surface area contributed by atoms with Gasteiger partial charge in [-0.05, 0) is 38.9 Å². The Morgan fingerprint density at radius 2 is 2.00 bits per heavy atom. The van der Waals surface area contributed by atoms with Crippen LogP contribution in [0.3, 0.4) is 0 Å². The van der Waals surface area contributed by atoms with E-state index in [0.29, 0.717) is 6.04 Å². The molecule has 1 aliphatic rings. The summed E-state index contributed by atoms with van der Waals surface area (Å²) in [5, 5.41) is 3.52. The molecule has 0 amide bonds. The lowest BCUT2D eigenvalue weighted by atomic mass is 9.95. The number of hydrogen-bond acceptors (Lipinski definition) is 3. The van der Waals surface area contributed by atoms with Crippen LogP contribution in [0.25, 0.3) is 0 Å². The molecule has 1 N–H and O–H groups in total. The van der Waals surface area contributed by atoms with Crippen LogP contribution in [0.5, 0.6) is 0 Å². The van der Waals surface area contributed by atoms with Gasteiger partial charge < -0.3 is 14.8 Å². The molecule has 0 aromatic carbocycles. The van der Waals surface area contributed by atoms with Crippen LogP contribution >= 0.6 is 0 Å². The molecular formula is C16H30N4. The van der Waals surface area contributed by atoms with E-state index in [9.17, 15) is 0 Å². The van der Waals surface area contributed by atoms with E-state index in [0.717, 1.165) is 25.6 Å². The number of aromatic nitrogens is 2. The smallest absolute Gasteiger partial charge is 0.203 e. The van der Waals surface area contributed by atoms with E-state index in [1.54, 1.807) is 0 Å². The molecule has 4 nitrogen and oxygen atoms in total. The van der Waals surface area contributed by atoms with Gasteiger partial charge in [0.1, 0.15) is 0 Å². The summed E-state index contributed by atoms with van der Waals surface area (Å²) < 4.78 is 2.36. The van der Waals surface area contributed by atoms with E-state index in [1.807, 2.05) is 6.20 Å². The lowest BCUT2D eigenvalue weighted by molar-refractivity contribution is 0.302. The van der Waals surface area contributed by atoms with E-state index < -0.39 is 0 Å². The second-order valence-electron chi connectivity index (χ2n) is 5.76. The second-order valence-corrected chi connectivity index (χ2v) is 5.76. The van der Waals surface area contributed by atoms with Crippen molar-refractivity contribution in [3.8, 4) is 0 Å². The molecular weight excluding hydrogens is 248 g/mol. The van der Waals surface area contributed by atoms with Crippen LogP contribution in [-0.4, -0.2) is 40.6 Å². The van der Waals surface area contributed by atoms with E-state index in [1.165, 1.54) is 45.1 Å². The van der Waals surface area contributed by atoms with Gasteiger partial charge >= 0.3 is 0 Å². The van der Waals surface area contributed by atoms with Crippen molar-refractivity contribution in [2.45, 2.75) is 58.4 Å². The fraction of sp³-hybridized carbons (Fsp3) is 0.812. The highest BCUT2D eigenvalue weighted by Gasteiger charge is 2.17. The first-order chi connectivity index (χ1) is 9.85. The Hall–Kier alpha value is -1.03. The third-order valence-corrected chi connectivity index (χ3v) is 4.47. The SMILES string of the molecule is CCN(CC)CCCNc1nccn1C1CCCCC1. The first-order valence-corrected chi connectivity index (χ1v) is 8.34. The van der Waals surface area contributed by atoms with Gasteiger partial charge in [0.15, 0.2) is 0 Å². The third-order valence-electron chi connectivity index (χ3n) is 4.47. The lowest BCUT2D eigenvalue weighted by Gasteiger charge is -2.25. The molecule has 1 heterocycles. The van der Waals surface area contributed by atoms with Gasteiger partial charge in [-0.15, -0.1) is 0 Å². The molecule has 2 rings (SSSR count). The Morgan fingerprint density at radius 3 is 2.70 bits per heavy atom. The molecule has 0 radical (unpaired) electrons. The number of rotatable bonds is 8. The summed E-state index contributed by atoms with van der Waals surface area (Å²) in [4.78, 5) is 6.95.